The molecule has 0 saturated heterocycles. The molecule has 4 rings (SSSR count). The molecule has 0 aliphatic carbocycles. The second-order valence-electron chi connectivity index (χ2n) is 7.75. The van der Waals surface area contributed by atoms with Crippen LogP contribution in [0.15, 0.2) is 79.1 Å². The highest BCUT2D eigenvalue weighted by Gasteiger charge is 2.22. The Morgan fingerprint density at radius 1 is 0.903 bits per heavy atom. The molecule has 31 heavy (non-hydrogen) atoms. The Morgan fingerprint density at radius 2 is 1.58 bits per heavy atom. The van der Waals surface area contributed by atoms with Crippen molar-refractivity contribution in [2.24, 2.45) is 0 Å². The number of ether oxygens (including phenoxy) is 1. The molecule has 0 spiro atoms. The molecule has 0 aliphatic rings. The lowest BCUT2D eigenvalue weighted by molar-refractivity contribution is 0.387. The molecule has 0 amide bonds. The average molecular weight is 413 g/mol. The minimum atomic E-state index is 0.771. The summed E-state index contributed by atoms with van der Waals surface area (Å²) in [5, 5.41) is 0. The Balaban J connectivity index is 1.96. The van der Waals surface area contributed by atoms with E-state index in [0.29, 0.717) is 0 Å². The van der Waals surface area contributed by atoms with Gasteiger partial charge in [0.15, 0.2) is 0 Å². The first-order chi connectivity index (χ1) is 15.2. The van der Waals surface area contributed by atoms with Crippen LogP contribution in [0.3, 0.4) is 0 Å². The normalized spacial score (nSPS) is 11.1. The van der Waals surface area contributed by atoms with Gasteiger partial charge in [-0.3, -0.25) is 4.98 Å². The van der Waals surface area contributed by atoms with Crippen molar-refractivity contribution in [3.8, 4) is 39.7 Å². The van der Waals surface area contributed by atoms with Crippen molar-refractivity contribution in [1.29, 1.82) is 0 Å². The lowest BCUT2D eigenvalue weighted by Gasteiger charge is -2.16. The van der Waals surface area contributed by atoms with Gasteiger partial charge in [0.25, 0.3) is 0 Å². The highest BCUT2D eigenvalue weighted by atomic mass is 16.5. The van der Waals surface area contributed by atoms with Gasteiger partial charge in [0, 0.05) is 30.1 Å². The van der Waals surface area contributed by atoms with E-state index in [1.165, 1.54) is 0 Å². The summed E-state index contributed by atoms with van der Waals surface area (Å²) in [5.41, 5.74) is 5.22. The number of rotatable bonds is 8. The molecule has 2 heterocycles. The zero-order valence-corrected chi connectivity index (χ0v) is 18.3. The Hall–Kier alpha value is -3.44. The summed E-state index contributed by atoms with van der Waals surface area (Å²) in [4.78, 5) is 11.7. The molecule has 0 atom stereocenters. The molecule has 2 aromatic heterocycles. The van der Waals surface area contributed by atoms with Gasteiger partial charge in [-0.2, -0.15) is 0 Å². The summed E-state index contributed by atoms with van der Waals surface area (Å²) in [6, 6.07) is 22.8. The van der Waals surface area contributed by atoms with Gasteiger partial charge in [-0.15, -0.1) is 0 Å². The fourth-order valence-corrected chi connectivity index (χ4v) is 3.83. The van der Waals surface area contributed by atoms with E-state index in [-0.39, 0.29) is 0 Å². The van der Waals surface area contributed by atoms with Gasteiger partial charge < -0.3 is 14.2 Å². The summed E-state index contributed by atoms with van der Waals surface area (Å²) in [6.45, 7) is 1.84. The number of methoxy groups -OCH3 is 1. The number of nitrogens with zero attached hydrogens (tertiary/aromatic N) is 4. The Labute approximate surface area is 184 Å². The quantitative estimate of drug-likeness (QED) is 0.397. The Kier molecular flexibility index (Phi) is 6.43. The van der Waals surface area contributed by atoms with E-state index in [9.17, 15) is 0 Å². The molecule has 4 aromatic rings. The SMILES string of the molecule is COc1ccncc1-c1nc(-c2ccccc2)c(-c2ccccc2)n1CCCN(C)C. The number of benzene rings is 2. The van der Waals surface area contributed by atoms with Crippen molar-refractivity contribution in [1.82, 2.24) is 19.4 Å². The number of imidazole rings is 1. The van der Waals surface area contributed by atoms with E-state index in [4.69, 9.17) is 9.72 Å². The molecule has 0 bridgehead atoms. The van der Waals surface area contributed by atoms with Crippen molar-refractivity contribution < 1.29 is 4.74 Å². The summed E-state index contributed by atoms with van der Waals surface area (Å²) in [6.07, 6.45) is 4.60. The minimum absolute atomic E-state index is 0.771. The Bertz CT molecular complexity index is 1120. The van der Waals surface area contributed by atoms with E-state index >= 15 is 0 Å². The third-order valence-corrected chi connectivity index (χ3v) is 5.29. The van der Waals surface area contributed by atoms with Crippen LogP contribution in [0.1, 0.15) is 6.42 Å². The lowest BCUT2D eigenvalue weighted by atomic mass is 10.0. The first-order valence-corrected chi connectivity index (χ1v) is 10.5. The first kappa shape index (κ1) is 20.8. The van der Waals surface area contributed by atoms with Gasteiger partial charge in [0.1, 0.15) is 11.6 Å². The van der Waals surface area contributed by atoms with Crippen LogP contribution in [-0.2, 0) is 6.54 Å². The standard InChI is InChI=1S/C26H28N4O/c1-29(2)17-10-18-30-25(21-13-8-5-9-14-21)24(20-11-6-4-7-12-20)28-26(30)22-19-27-16-15-23(22)31-3/h4-9,11-16,19H,10,17-18H2,1-3H3. The number of hydrogen-bond donors (Lipinski definition) is 0. The van der Waals surface area contributed by atoms with Crippen LogP contribution < -0.4 is 4.74 Å². The van der Waals surface area contributed by atoms with E-state index in [2.05, 4.69) is 77.1 Å². The van der Waals surface area contributed by atoms with Crippen LogP contribution in [0.25, 0.3) is 33.9 Å². The van der Waals surface area contributed by atoms with Gasteiger partial charge >= 0.3 is 0 Å². The summed E-state index contributed by atoms with van der Waals surface area (Å²) in [7, 11) is 5.90. The fraction of sp³-hybridized carbons (Fsp3) is 0.231. The number of pyridine rings is 1. The smallest absolute Gasteiger partial charge is 0.146 e. The highest BCUT2D eigenvalue weighted by molar-refractivity contribution is 5.83. The molecule has 5 nitrogen and oxygen atoms in total. The predicted molar refractivity (Wildman–Crippen MR) is 126 cm³/mol. The monoisotopic (exact) mass is 412 g/mol. The van der Waals surface area contributed by atoms with Crippen molar-refractivity contribution in [3.05, 3.63) is 79.1 Å². The van der Waals surface area contributed by atoms with Crippen LogP contribution in [0, 0.1) is 0 Å². The molecule has 0 N–H and O–H groups in total. The summed E-state index contributed by atoms with van der Waals surface area (Å²) >= 11 is 0. The third-order valence-electron chi connectivity index (χ3n) is 5.29. The molecule has 0 radical (unpaired) electrons. The van der Waals surface area contributed by atoms with Crippen molar-refractivity contribution in [3.63, 3.8) is 0 Å². The second-order valence-corrected chi connectivity index (χ2v) is 7.75. The maximum Gasteiger partial charge on any atom is 0.146 e. The fourth-order valence-electron chi connectivity index (χ4n) is 3.83. The summed E-state index contributed by atoms with van der Waals surface area (Å²) < 4.78 is 7.98. The molecule has 2 aromatic carbocycles. The molecular formula is C26H28N4O. The second kappa shape index (κ2) is 9.58. The van der Waals surface area contributed by atoms with E-state index in [0.717, 1.165) is 59.2 Å². The van der Waals surface area contributed by atoms with Crippen LogP contribution >= 0.6 is 0 Å². The van der Waals surface area contributed by atoms with Crippen LogP contribution in [0.4, 0.5) is 0 Å². The average Bonchev–Trinajstić information content (AvgIpc) is 3.19. The molecule has 158 valence electrons. The van der Waals surface area contributed by atoms with Crippen LogP contribution in [0.5, 0.6) is 5.75 Å². The predicted octanol–water partition coefficient (Wildman–Crippen LogP) is 5.24. The van der Waals surface area contributed by atoms with Gasteiger partial charge in [-0.05, 0) is 33.1 Å². The molecule has 0 aliphatic heterocycles. The third kappa shape index (κ3) is 4.52. The number of aromatic nitrogens is 3. The molecule has 0 unspecified atom stereocenters. The van der Waals surface area contributed by atoms with Crippen molar-refractivity contribution >= 4 is 0 Å². The first-order valence-electron chi connectivity index (χ1n) is 10.5. The maximum absolute atomic E-state index is 5.66. The zero-order valence-electron chi connectivity index (χ0n) is 18.3. The molecular weight excluding hydrogens is 384 g/mol. The zero-order chi connectivity index (χ0) is 21.6. The molecule has 0 saturated carbocycles. The highest BCUT2D eigenvalue weighted by Crippen LogP contribution is 2.38. The maximum atomic E-state index is 5.66. The number of hydrogen-bond acceptors (Lipinski definition) is 4. The van der Waals surface area contributed by atoms with Crippen molar-refractivity contribution in [2.45, 2.75) is 13.0 Å². The summed E-state index contributed by atoms with van der Waals surface area (Å²) in [5.74, 6) is 1.65. The molecule has 5 heteroatoms. The molecule has 0 fully saturated rings. The van der Waals surface area contributed by atoms with Crippen LogP contribution in [-0.4, -0.2) is 47.2 Å². The topological polar surface area (TPSA) is 43.2 Å². The van der Waals surface area contributed by atoms with Gasteiger partial charge in [0.2, 0.25) is 0 Å². The largest absolute Gasteiger partial charge is 0.496 e. The van der Waals surface area contributed by atoms with Gasteiger partial charge in [-0.1, -0.05) is 60.7 Å². The Morgan fingerprint density at radius 3 is 2.23 bits per heavy atom. The van der Waals surface area contributed by atoms with Crippen LogP contribution in [0.2, 0.25) is 0 Å². The lowest BCUT2D eigenvalue weighted by Crippen LogP contribution is -2.15. The van der Waals surface area contributed by atoms with Gasteiger partial charge in [-0.25, -0.2) is 4.98 Å². The van der Waals surface area contributed by atoms with E-state index in [1.807, 2.05) is 24.4 Å². The minimum Gasteiger partial charge on any atom is -0.496 e. The van der Waals surface area contributed by atoms with E-state index in [1.54, 1.807) is 13.3 Å². The van der Waals surface area contributed by atoms with E-state index < -0.39 is 0 Å². The van der Waals surface area contributed by atoms with Crippen molar-refractivity contribution in [2.75, 3.05) is 27.7 Å². The van der Waals surface area contributed by atoms with Gasteiger partial charge in [0.05, 0.1) is 24.1 Å².